The highest BCUT2D eigenvalue weighted by Gasteiger charge is 2.18. The second kappa shape index (κ2) is 7.54. The van der Waals surface area contributed by atoms with Crippen molar-refractivity contribution in [2.24, 2.45) is 5.92 Å². The normalized spacial score (nSPS) is 21.5. The molecule has 2 amide bonds. The van der Waals surface area contributed by atoms with Gasteiger partial charge in [0.1, 0.15) is 0 Å². The number of ether oxygens (including phenoxy) is 1. The Bertz CT molecular complexity index is 225. The molecule has 0 aromatic heterocycles. The molecule has 1 saturated heterocycles. The van der Waals surface area contributed by atoms with E-state index in [-0.39, 0.29) is 18.1 Å². The highest BCUT2D eigenvalue weighted by molar-refractivity contribution is 5.74. The van der Waals surface area contributed by atoms with Gasteiger partial charge in [0.25, 0.3) is 0 Å². The Kier molecular flexibility index (Phi) is 6.34. The lowest BCUT2D eigenvalue weighted by molar-refractivity contribution is 0.188. The van der Waals surface area contributed by atoms with E-state index in [1.807, 2.05) is 0 Å². The van der Waals surface area contributed by atoms with Crippen LogP contribution < -0.4 is 10.6 Å². The minimum absolute atomic E-state index is 0.0578. The monoisotopic (exact) mass is 242 g/mol. The lowest BCUT2D eigenvalue weighted by Crippen LogP contribution is -2.45. The van der Waals surface area contributed by atoms with E-state index in [1.54, 1.807) is 0 Å². The molecule has 0 aromatic carbocycles. The van der Waals surface area contributed by atoms with Crippen molar-refractivity contribution in [3.8, 4) is 0 Å². The molecule has 1 aliphatic rings. The van der Waals surface area contributed by atoms with Gasteiger partial charge in [0.15, 0.2) is 0 Å². The molecule has 0 saturated carbocycles. The Balaban J connectivity index is 2.07. The lowest BCUT2D eigenvalue weighted by Gasteiger charge is -2.17. The zero-order chi connectivity index (χ0) is 12.7. The van der Waals surface area contributed by atoms with E-state index in [2.05, 4.69) is 31.4 Å². The fraction of sp³-hybridized carbons (Fsp3) is 0.923. The molecular weight excluding hydrogens is 216 g/mol. The van der Waals surface area contributed by atoms with Crippen LogP contribution >= 0.6 is 0 Å². The quantitative estimate of drug-likeness (QED) is 0.751. The van der Waals surface area contributed by atoms with E-state index in [1.165, 1.54) is 12.8 Å². The molecule has 1 rings (SSSR count). The number of hydrogen-bond donors (Lipinski definition) is 2. The average Bonchev–Trinajstić information content (AvgIpc) is 2.69. The summed E-state index contributed by atoms with van der Waals surface area (Å²) in [7, 11) is 0. The molecule has 0 aliphatic carbocycles. The van der Waals surface area contributed by atoms with Crippen LogP contribution in [-0.2, 0) is 4.74 Å². The Morgan fingerprint density at radius 2 is 2.12 bits per heavy atom. The number of carbonyl (C=O) groups excluding carboxylic acids is 1. The van der Waals surface area contributed by atoms with E-state index in [9.17, 15) is 4.79 Å². The van der Waals surface area contributed by atoms with Gasteiger partial charge in [-0.2, -0.15) is 0 Å². The zero-order valence-electron chi connectivity index (χ0n) is 11.3. The van der Waals surface area contributed by atoms with Gasteiger partial charge in [0, 0.05) is 12.6 Å². The summed E-state index contributed by atoms with van der Waals surface area (Å²) in [5.74, 6) is 0.742. The summed E-state index contributed by atoms with van der Waals surface area (Å²) < 4.78 is 5.21. The van der Waals surface area contributed by atoms with Gasteiger partial charge < -0.3 is 15.4 Å². The first kappa shape index (κ1) is 14.3. The molecule has 0 spiro atoms. The fourth-order valence-corrected chi connectivity index (χ4v) is 2.00. The van der Waals surface area contributed by atoms with Crippen LogP contribution in [0.2, 0.25) is 0 Å². The number of hydrogen-bond acceptors (Lipinski definition) is 2. The van der Waals surface area contributed by atoms with Crippen molar-refractivity contribution < 1.29 is 9.53 Å². The van der Waals surface area contributed by atoms with E-state index in [4.69, 9.17) is 4.74 Å². The van der Waals surface area contributed by atoms with Crippen LogP contribution in [0.5, 0.6) is 0 Å². The van der Waals surface area contributed by atoms with Gasteiger partial charge in [-0.3, -0.25) is 0 Å². The minimum atomic E-state index is -0.0578. The molecule has 100 valence electrons. The standard InChI is InChI=1S/C13H26N2O2/c1-10(2)5-4-6-11(3)14-13(16)15-12-7-8-17-9-12/h10-12H,4-9H2,1-3H3,(H2,14,15,16). The fourth-order valence-electron chi connectivity index (χ4n) is 2.00. The zero-order valence-corrected chi connectivity index (χ0v) is 11.3. The molecule has 1 heterocycles. The number of urea groups is 1. The SMILES string of the molecule is CC(C)CCCC(C)NC(=O)NC1CCOC1. The van der Waals surface area contributed by atoms with Crippen LogP contribution in [0.15, 0.2) is 0 Å². The van der Waals surface area contributed by atoms with Crippen molar-refractivity contribution in [2.75, 3.05) is 13.2 Å². The van der Waals surface area contributed by atoms with Crippen LogP contribution in [0.3, 0.4) is 0 Å². The molecular formula is C13H26N2O2. The van der Waals surface area contributed by atoms with E-state index in [0.29, 0.717) is 6.61 Å². The first-order valence-electron chi connectivity index (χ1n) is 6.72. The van der Waals surface area contributed by atoms with Crippen LogP contribution in [-0.4, -0.2) is 31.3 Å². The van der Waals surface area contributed by atoms with Crippen molar-refractivity contribution in [3.63, 3.8) is 0 Å². The summed E-state index contributed by atoms with van der Waals surface area (Å²) in [6, 6.07) is 0.381. The predicted molar refractivity (Wildman–Crippen MR) is 69.0 cm³/mol. The maximum Gasteiger partial charge on any atom is 0.315 e. The highest BCUT2D eigenvalue weighted by atomic mass is 16.5. The van der Waals surface area contributed by atoms with Crippen LogP contribution in [0.1, 0.15) is 46.5 Å². The molecule has 4 heteroatoms. The number of amides is 2. The molecule has 1 fully saturated rings. The Morgan fingerprint density at radius 3 is 2.71 bits per heavy atom. The maximum absolute atomic E-state index is 11.6. The molecule has 0 bridgehead atoms. The Labute approximate surface area is 104 Å². The van der Waals surface area contributed by atoms with E-state index >= 15 is 0 Å². The Hall–Kier alpha value is -0.770. The van der Waals surface area contributed by atoms with Crippen molar-refractivity contribution in [1.29, 1.82) is 0 Å². The third-order valence-corrected chi connectivity index (χ3v) is 3.06. The van der Waals surface area contributed by atoms with Gasteiger partial charge in [-0.15, -0.1) is 0 Å². The van der Waals surface area contributed by atoms with Crippen molar-refractivity contribution in [1.82, 2.24) is 10.6 Å². The lowest BCUT2D eigenvalue weighted by atomic mass is 10.0. The second-order valence-electron chi connectivity index (χ2n) is 5.40. The topological polar surface area (TPSA) is 50.4 Å². The number of nitrogens with one attached hydrogen (secondary N) is 2. The highest BCUT2D eigenvalue weighted by Crippen LogP contribution is 2.08. The van der Waals surface area contributed by atoms with Crippen molar-refractivity contribution in [2.45, 2.75) is 58.5 Å². The molecule has 2 unspecified atom stereocenters. The predicted octanol–water partition coefficient (Wildman–Crippen LogP) is 2.29. The molecule has 2 atom stereocenters. The van der Waals surface area contributed by atoms with Gasteiger partial charge in [-0.1, -0.05) is 26.7 Å². The van der Waals surface area contributed by atoms with Gasteiger partial charge in [-0.05, 0) is 25.7 Å². The third-order valence-electron chi connectivity index (χ3n) is 3.06. The summed E-state index contributed by atoms with van der Waals surface area (Å²) in [5, 5.41) is 5.91. The van der Waals surface area contributed by atoms with Crippen molar-refractivity contribution >= 4 is 6.03 Å². The summed E-state index contributed by atoms with van der Waals surface area (Å²) in [4.78, 5) is 11.6. The van der Waals surface area contributed by atoms with Crippen LogP contribution in [0.25, 0.3) is 0 Å². The maximum atomic E-state index is 11.6. The molecule has 4 nitrogen and oxygen atoms in total. The summed E-state index contributed by atoms with van der Waals surface area (Å²) >= 11 is 0. The minimum Gasteiger partial charge on any atom is -0.379 e. The molecule has 2 N–H and O–H groups in total. The van der Waals surface area contributed by atoms with Crippen molar-refractivity contribution in [3.05, 3.63) is 0 Å². The average molecular weight is 242 g/mol. The van der Waals surface area contributed by atoms with Gasteiger partial charge >= 0.3 is 6.03 Å². The van der Waals surface area contributed by atoms with E-state index < -0.39 is 0 Å². The molecule has 1 aliphatic heterocycles. The van der Waals surface area contributed by atoms with E-state index in [0.717, 1.165) is 25.4 Å². The first-order chi connectivity index (χ1) is 8.08. The van der Waals surface area contributed by atoms with Crippen LogP contribution in [0, 0.1) is 5.92 Å². The Morgan fingerprint density at radius 1 is 1.35 bits per heavy atom. The number of rotatable bonds is 6. The van der Waals surface area contributed by atoms with Gasteiger partial charge in [0.2, 0.25) is 0 Å². The summed E-state index contributed by atoms with van der Waals surface area (Å²) in [6.45, 7) is 7.92. The number of carbonyl (C=O) groups is 1. The smallest absolute Gasteiger partial charge is 0.315 e. The van der Waals surface area contributed by atoms with Crippen LogP contribution in [0.4, 0.5) is 4.79 Å². The molecule has 0 aromatic rings. The molecule has 0 radical (unpaired) electrons. The largest absolute Gasteiger partial charge is 0.379 e. The third kappa shape index (κ3) is 6.51. The first-order valence-corrected chi connectivity index (χ1v) is 6.72. The summed E-state index contributed by atoms with van der Waals surface area (Å²) in [6.07, 6.45) is 4.37. The second-order valence-corrected chi connectivity index (χ2v) is 5.40. The molecule has 17 heavy (non-hydrogen) atoms. The van der Waals surface area contributed by atoms with Gasteiger partial charge in [-0.25, -0.2) is 4.79 Å². The van der Waals surface area contributed by atoms with Gasteiger partial charge in [0.05, 0.1) is 12.6 Å². The summed E-state index contributed by atoms with van der Waals surface area (Å²) in [5.41, 5.74) is 0.